The van der Waals surface area contributed by atoms with Crippen LogP contribution in [0.25, 0.3) is 5.69 Å². The van der Waals surface area contributed by atoms with E-state index >= 15 is 0 Å². The third-order valence-corrected chi connectivity index (χ3v) is 4.56. The van der Waals surface area contributed by atoms with E-state index in [1.165, 1.54) is 23.7 Å². The fourth-order valence-corrected chi connectivity index (χ4v) is 2.77. The molecule has 1 aromatic carbocycles. The van der Waals surface area contributed by atoms with Gasteiger partial charge in [0.25, 0.3) is 5.91 Å². The van der Waals surface area contributed by atoms with Crippen molar-refractivity contribution in [3.8, 4) is 11.4 Å². The van der Waals surface area contributed by atoms with E-state index in [0.29, 0.717) is 11.0 Å². The number of benzene rings is 1. The second-order valence-electron chi connectivity index (χ2n) is 6.35. The normalized spacial score (nSPS) is 11.6. The van der Waals surface area contributed by atoms with Crippen molar-refractivity contribution in [2.45, 2.75) is 39.5 Å². The topological polar surface area (TPSA) is 91.2 Å². The van der Waals surface area contributed by atoms with Crippen LogP contribution in [0.2, 0.25) is 0 Å². The molecule has 8 heteroatoms. The summed E-state index contributed by atoms with van der Waals surface area (Å²) in [5, 5.41) is 17.6. The molecule has 0 radical (unpaired) electrons. The molecule has 0 aliphatic rings. The molecule has 0 fully saturated rings. The number of aromatic nitrogens is 2. The number of carbonyl (C=O) groups excluding carboxylic acids is 1. The summed E-state index contributed by atoms with van der Waals surface area (Å²) in [6.45, 7) is 5.09. The highest BCUT2D eigenvalue weighted by Gasteiger charge is 2.17. The van der Waals surface area contributed by atoms with E-state index in [2.05, 4.69) is 35.1 Å². The second-order valence-corrected chi connectivity index (χ2v) is 6.76. The Hall–Kier alpha value is -2.61. The minimum atomic E-state index is -0.565. The lowest BCUT2D eigenvalue weighted by molar-refractivity contribution is 0.0935. The number of aromatic hydroxyl groups is 1. The monoisotopic (exact) mass is 389 g/mol. The summed E-state index contributed by atoms with van der Waals surface area (Å²) in [6, 6.07) is 9.24. The Labute approximate surface area is 165 Å². The highest BCUT2D eigenvalue weighted by molar-refractivity contribution is 7.80. The molecule has 0 saturated carbocycles. The zero-order chi connectivity index (χ0) is 19.6. The maximum absolute atomic E-state index is 12.3. The van der Waals surface area contributed by atoms with E-state index in [0.717, 1.165) is 25.1 Å². The van der Waals surface area contributed by atoms with Crippen LogP contribution < -0.4 is 16.2 Å². The van der Waals surface area contributed by atoms with Crippen molar-refractivity contribution in [3.63, 3.8) is 0 Å². The van der Waals surface area contributed by atoms with Crippen molar-refractivity contribution in [2.75, 3.05) is 6.54 Å². The summed E-state index contributed by atoms with van der Waals surface area (Å²) in [5.41, 5.74) is 5.78. The first-order chi connectivity index (χ1) is 13.0. The number of hydrogen-bond acceptors (Lipinski definition) is 4. The first-order valence-corrected chi connectivity index (χ1v) is 9.64. The van der Waals surface area contributed by atoms with Gasteiger partial charge in [-0.15, -0.1) is 0 Å². The van der Waals surface area contributed by atoms with Crippen LogP contribution in [0.15, 0.2) is 36.5 Å². The molecule has 2 aromatic rings. The largest absolute Gasteiger partial charge is 0.504 e. The molecule has 0 bridgehead atoms. The molecule has 27 heavy (non-hydrogen) atoms. The Morgan fingerprint density at radius 1 is 1.26 bits per heavy atom. The summed E-state index contributed by atoms with van der Waals surface area (Å²) >= 11 is 5.19. The summed E-state index contributed by atoms with van der Waals surface area (Å²) < 4.78 is 1.44. The van der Waals surface area contributed by atoms with Crippen molar-refractivity contribution in [2.24, 2.45) is 5.92 Å². The number of unbranched alkanes of at least 4 members (excludes halogenated alkanes) is 1. The maximum atomic E-state index is 12.3. The van der Waals surface area contributed by atoms with Gasteiger partial charge in [0.15, 0.2) is 16.6 Å². The fraction of sp³-hybridized carbons (Fsp3) is 0.421. The van der Waals surface area contributed by atoms with E-state index in [4.69, 9.17) is 12.2 Å². The smallest absolute Gasteiger partial charge is 0.294 e. The fourth-order valence-electron chi connectivity index (χ4n) is 2.64. The van der Waals surface area contributed by atoms with Gasteiger partial charge in [0.1, 0.15) is 0 Å². The van der Waals surface area contributed by atoms with Gasteiger partial charge in [-0.1, -0.05) is 51.3 Å². The third-order valence-electron chi connectivity index (χ3n) is 4.31. The van der Waals surface area contributed by atoms with Gasteiger partial charge in [-0.25, -0.2) is 4.68 Å². The summed E-state index contributed by atoms with van der Waals surface area (Å²) in [5.74, 6) is -0.224. The van der Waals surface area contributed by atoms with Gasteiger partial charge in [0.05, 0.1) is 11.9 Å². The number of nitrogens with one attached hydrogen (secondary N) is 3. The van der Waals surface area contributed by atoms with Crippen LogP contribution in [0.3, 0.4) is 0 Å². The van der Waals surface area contributed by atoms with Crippen molar-refractivity contribution >= 4 is 23.2 Å². The summed E-state index contributed by atoms with van der Waals surface area (Å²) in [7, 11) is 0. The van der Waals surface area contributed by atoms with E-state index in [9.17, 15) is 9.90 Å². The molecule has 4 N–H and O–H groups in total. The molecule has 146 valence electrons. The Bertz CT molecular complexity index is 748. The average Bonchev–Trinajstić information content (AvgIpc) is 3.08. The minimum Gasteiger partial charge on any atom is -0.504 e. The quantitative estimate of drug-likeness (QED) is 0.410. The molecular formula is C19H27N5O2S. The zero-order valence-corrected chi connectivity index (χ0v) is 16.6. The highest BCUT2D eigenvalue weighted by Crippen LogP contribution is 2.17. The van der Waals surface area contributed by atoms with Crippen molar-refractivity contribution in [3.05, 3.63) is 42.2 Å². The minimum absolute atomic E-state index is 0.0801. The molecular weight excluding hydrogens is 362 g/mol. The molecule has 0 aliphatic heterocycles. The number of para-hydroxylation sites is 1. The first kappa shape index (κ1) is 20.7. The standard InChI is InChI=1S/C19H27N5O2S/c1-3-5-9-14(4-2)12-20-19(27)22-21-18(26)17-16(25)13-24(23-17)15-10-7-6-8-11-15/h6-8,10-11,13-14,25H,3-5,9,12H2,1-2H3,(H,21,26)(H2,20,22,27)/t14-/m0/s1. The lowest BCUT2D eigenvalue weighted by atomic mass is 9.99. The molecule has 2 rings (SSSR count). The molecule has 0 spiro atoms. The van der Waals surface area contributed by atoms with E-state index in [-0.39, 0.29) is 11.4 Å². The number of thiocarbonyl (C=S) groups is 1. The number of amides is 1. The van der Waals surface area contributed by atoms with Crippen molar-refractivity contribution < 1.29 is 9.90 Å². The number of rotatable bonds is 8. The highest BCUT2D eigenvalue weighted by atomic mass is 32.1. The van der Waals surface area contributed by atoms with Crippen LogP contribution in [-0.2, 0) is 0 Å². The predicted octanol–water partition coefficient (Wildman–Crippen LogP) is 2.90. The number of hydrogen-bond donors (Lipinski definition) is 4. The van der Waals surface area contributed by atoms with Crippen molar-refractivity contribution in [1.29, 1.82) is 0 Å². The Balaban J connectivity index is 1.85. The van der Waals surface area contributed by atoms with Gasteiger partial charge >= 0.3 is 0 Å². The molecule has 0 unspecified atom stereocenters. The van der Waals surface area contributed by atoms with Gasteiger partial charge in [0, 0.05) is 6.54 Å². The van der Waals surface area contributed by atoms with Gasteiger partial charge in [-0.05, 0) is 36.7 Å². The average molecular weight is 390 g/mol. The van der Waals surface area contributed by atoms with Gasteiger partial charge < -0.3 is 10.4 Å². The molecule has 1 heterocycles. The Morgan fingerprint density at radius 2 is 2.00 bits per heavy atom. The number of nitrogens with zero attached hydrogens (tertiary/aromatic N) is 2. The van der Waals surface area contributed by atoms with Crippen LogP contribution in [0.5, 0.6) is 5.75 Å². The molecule has 1 aromatic heterocycles. The van der Waals surface area contributed by atoms with Crippen LogP contribution in [0.4, 0.5) is 0 Å². The summed E-state index contributed by atoms with van der Waals surface area (Å²) in [6.07, 6.45) is 5.99. The molecule has 0 aliphatic carbocycles. The van der Waals surface area contributed by atoms with Gasteiger partial charge in [-0.2, -0.15) is 5.10 Å². The van der Waals surface area contributed by atoms with E-state index in [1.54, 1.807) is 0 Å². The van der Waals surface area contributed by atoms with Crippen molar-refractivity contribution in [1.82, 2.24) is 25.9 Å². The van der Waals surface area contributed by atoms with Gasteiger partial charge in [-0.3, -0.25) is 15.6 Å². The lowest BCUT2D eigenvalue weighted by Gasteiger charge is -2.17. The van der Waals surface area contributed by atoms with E-state index in [1.807, 2.05) is 30.3 Å². The van der Waals surface area contributed by atoms with E-state index < -0.39 is 5.91 Å². The maximum Gasteiger partial charge on any atom is 0.294 e. The number of carbonyl (C=O) groups is 1. The predicted molar refractivity (Wildman–Crippen MR) is 110 cm³/mol. The number of hydrazine groups is 1. The molecule has 0 saturated heterocycles. The SMILES string of the molecule is CCCC[C@H](CC)CNC(=S)NNC(=O)c1nn(-c2ccccc2)cc1O. The van der Waals surface area contributed by atoms with Crippen LogP contribution >= 0.6 is 12.2 Å². The second kappa shape index (κ2) is 10.5. The van der Waals surface area contributed by atoms with Crippen LogP contribution in [-0.4, -0.2) is 32.5 Å². The van der Waals surface area contributed by atoms with Crippen LogP contribution in [0.1, 0.15) is 50.0 Å². The lowest BCUT2D eigenvalue weighted by Crippen LogP contribution is -2.47. The third kappa shape index (κ3) is 6.25. The zero-order valence-electron chi connectivity index (χ0n) is 15.7. The summed E-state index contributed by atoms with van der Waals surface area (Å²) in [4.78, 5) is 12.3. The Morgan fingerprint density at radius 3 is 2.67 bits per heavy atom. The molecule has 1 atom stereocenters. The molecule has 1 amide bonds. The first-order valence-electron chi connectivity index (χ1n) is 9.23. The Kier molecular flexibility index (Phi) is 8.06. The van der Waals surface area contributed by atoms with Gasteiger partial charge in [0.2, 0.25) is 0 Å². The van der Waals surface area contributed by atoms with Crippen LogP contribution in [0, 0.1) is 5.92 Å². The molecule has 7 nitrogen and oxygen atoms in total.